The first-order valence-corrected chi connectivity index (χ1v) is 20.8. The number of benzene rings is 1. The summed E-state index contributed by atoms with van der Waals surface area (Å²) in [7, 11) is -5.15. The standard InChI is InChI=1S/C36H46N8O12S2.Na/c1-5-7-23-31(49)43-28(18(3)6-2)29(47)33(51)42-24(14-20-8-11-22(45)12-9-20)34-39-21(16-57-34)10-13-27(46)40-25(17-58(54,55)56)30(48)37-15-26(32(50)41-23)44-35(52)19(4)38-36(44)53;/h8-13,16,18-19,23-26,28,45H,5-7,14-15,17H2,1-4H3,(H,37,48)(H,38,53)(H,40,46)(H,41,50)(H,42,51)(H,43,49)(H,54,55,56);/q;+1/p-1/b13-10+;/t18-,19-,23-,24-,25-,26-,28-;/m0./s1. The summed E-state index contributed by atoms with van der Waals surface area (Å²) in [6, 6.07) is -3.63. The molecule has 3 heterocycles. The van der Waals surface area contributed by atoms with Gasteiger partial charge >= 0.3 is 35.6 Å². The van der Waals surface area contributed by atoms with E-state index in [1.54, 1.807) is 32.9 Å². The molecule has 2 aliphatic heterocycles. The molecule has 0 saturated carbocycles. The van der Waals surface area contributed by atoms with Gasteiger partial charge in [0, 0.05) is 18.0 Å². The summed E-state index contributed by atoms with van der Waals surface area (Å²) < 4.78 is 35.3. The van der Waals surface area contributed by atoms with Crippen LogP contribution >= 0.6 is 11.3 Å². The van der Waals surface area contributed by atoms with Gasteiger partial charge in [0.15, 0.2) is 0 Å². The predicted molar refractivity (Wildman–Crippen MR) is 205 cm³/mol. The second-order valence-electron chi connectivity index (χ2n) is 13.9. The SMILES string of the molecule is CCC[C@@H]1NC(=O)[C@@H](N2C(=O)N[C@@H](C)C2=O)CNC(=O)[C@H](CS(=O)(=O)[O-])NC(=O)/C=C/c2csc(n2)[C@H](Cc2ccc(O)cc2)NC(=O)C(=O)[C@H]([C@@H](C)CC)NC1=O.[Na+]. The molecule has 1 aromatic carbocycles. The number of thiazole rings is 1. The van der Waals surface area contributed by atoms with Gasteiger partial charge in [-0.1, -0.05) is 45.7 Å². The van der Waals surface area contributed by atoms with Crippen LogP contribution in [-0.4, -0.2) is 118 Å². The molecule has 8 amide bonds. The van der Waals surface area contributed by atoms with Crippen molar-refractivity contribution in [1.82, 2.24) is 41.8 Å². The van der Waals surface area contributed by atoms with E-state index < -0.39 is 112 Å². The molecule has 0 unspecified atom stereocenters. The number of nitrogens with zero attached hydrogens (tertiary/aromatic N) is 2. The number of amides is 8. The summed E-state index contributed by atoms with van der Waals surface area (Å²) in [6.45, 7) is 5.55. The summed E-state index contributed by atoms with van der Waals surface area (Å²) >= 11 is 1.06. The van der Waals surface area contributed by atoms with Crippen molar-refractivity contribution in [2.45, 2.75) is 89.6 Å². The first-order valence-electron chi connectivity index (χ1n) is 18.3. The second kappa shape index (κ2) is 21.5. The Balaban J connectivity index is 0.00000930. The molecule has 1 saturated heterocycles. The van der Waals surface area contributed by atoms with Gasteiger partial charge in [0.25, 0.3) is 11.8 Å². The van der Waals surface area contributed by atoms with Crippen molar-refractivity contribution in [3.05, 3.63) is 52.0 Å². The fourth-order valence-corrected chi connectivity index (χ4v) is 7.55. The molecule has 1 aromatic heterocycles. The second-order valence-corrected chi connectivity index (χ2v) is 16.2. The van der Waals surface area contributed by atoms with Crippen molar-refractivity contribution in [3.63, 3.8) is 0 Å². The van der Waals surface area contributed by atoms with E-state index in [4.69, 9.17) is 0 Å². The van der Waals surface area contributed by atoms with Gasteiger partial charge in [0.05, 0.1) is 33.6 Å². The van der Waals surface area contributed by atoms with Gasteiger partial charge in [-0.05, 0) is 49.5 Å². The maximum absolute atomic E-state index is 13.9. The topological polar surface area (TPSA) is 302 Å². The number of imide groups is 1. The number of hydrogen-bond donors (Lipinski definition) is 7. The van der Waals surface area contributed by atoms with Crippen LogP contribution in [0.5, 0.6) is 5.75 Å². The number of rotatable bonds is 9. The zero-order valence-electron chi connectivity index (χ0n) is 33.0. The van der Waals surface area contributed by atoms with E-state index >= 15 is 0 Å². The van der Waals surface area contributed by atoms with Gasteiger partial charge in [-0.15, -0.1) is 11.3 Å². The molecule has 2 bridgehead atoms. The van der Waals surface area contributed by atoms with Crippen molar-refractivity contribution in [2.24, 2.45) is 5.92 Å². The number of carbonyl (C=O) groups excluding carboxylic acids is 8. The first kappa shape index (κ1) is 48.6. The molecule has 20 nitrogen and oxygen atoms in total. The number of phenolic OH excluding ortho intramolecular Hbond substituents is 1. The number of ketones is 1. The zero-order chi connectivity index (χ0) is 42.9. The maximum Gasteiger partial charge on any atom is 1.00 e. The van der Waals surface area contributed by atoms with E-state index in [1.807, 2.05) is 0 Å². The van der Waals surface area contributed by atoms with Crippen molar-refractivity contribution in [2.75, 3.05) is 12.3 Å². The Kier molecular flexibility index (Phi) is 17.7. The fourth-order valence-electron chi connectivity index (χ4n) is 6.07. The van der Waals surface area contributed by atoms with Crippen LogP contribution < -0.4 is 61.5 Å². The Morgan fingerprint density at radius 1 is 0.898 bits per heavy atom. The average Bonchev–Trinajstić information content (AvgIpc) is 3.74. The molecule has 1 fully saturated rings. The summed E-state index contributed by atoms with van der Waals surface area (Å²) in [4.78, 5) is 113. The molecular weight excluding hydrogens is 824 g/mol. The number of nitrogens with one attached hydrogen (secondary N) is 6. The number of phenols is 1. The predicted octanol–water partition coefficient (Wildman–Crippen LogP) is -3.88. The molecule has 2 aliphatic rings. The van der Waals surface area contributed by atoms with Crippen molar-refractivity contribution >= 4 is 74.8 Å². The Morgan fingerprint density at radius 3 is 2.17 bits per heavy atom. The van der Waals surface area contributed by atoms with Gasteiger partial charge in [0.1, 0.15) is 34.9 Å². The zero-order valence-corrected chi connectivity index (χ0v) is 36.6. The number of aromatic nitrogens is 1. The smallest absolute Gasteiger partial charge is 0.748 e. The summed E-state index contributed by atoms with van der Waals surface area (Å²) in [6.07, 6.45) is 2.80. The fraction of sp³-hybridized carbons (Fsp3) is 0.472. The number of aromatic hydroxyl groups is 1. The minimum absolute atomic E-state index is 0. The van der Waals surface area contributed by atoms with Gasteiger partial charge in [-0.25, -0.2) is 23.1 Å². The molecule has 2 aromatic rings. The Hall–Kier alpha value is -4.74. The molecule has 0 spiro atoms. The van der Waals surface area contributed by atoms with E-state index in [0.717, 1.165) is 17.4 Å². The Bertz CT molecular complexity index is 2060. The number of urea groups is 1. The van der Waals surface area contributed by atoms with E-state index in [2.05, 4.69) is 36.9 Å². The molecule has 314 valence electrons. The van der Waals surface area contributed by atoms with Gasteiger partial charge in [0.2, 0.25) is 29.4 Å². The van der Waals surface area contributed by atoms with Crippen LogP contribution in [0.4, 0.5) is 4.79 Å². The third kappa shape index (κ3) is 13.4. The molecule has 0 aliphatic carbocycles. The van der Waals surface area contributed by atoms with E-state index in [9.17, 15) is 56.4 Å². The van der Waals surface area contributed by atoms with Crippen LogP contribution in [0.3, 0.4) is 0 Å². The van der Waals surface area contributed by atoms with E-state index in [0.29, 0.717) is 23.3 Å². The number of Topliss-reactive ketones (excluding diaryl/α,β-unsaturated/α-hetero) is 1. The van der Waals surface area contributed by atoms with Crippen LogP contribution in [0.2, 0.25) is 0 Å². The van der Waals surface area contributed by atoms with Crippen molar-refractivity contribution in [3.8, 4) is 5.75 Å². The average molecular weight is 869 g/mol. The molecule has 0 radical (unpaired) electrons. The Morgan fingerprint density at radius 2 is 1.58 bits per heavy atom. The minimum Gasteiger partial charge on any atom is -0.748 e. The van der Waals surface area contributed by atoms with Crippen molar-refractivity contribution in [1.29, 1.82) is 0 Å². The molecule has 4 rings (SSSR count). The number of hydrogen-bond acceptors (Lipinski definition) is 14. The van der Waals surface area contributed by atoms with Gasteiger partial charge in [-0.2, -0.15) is 0 Å². The largest absolute Gasteiger partial charge is 1.00 e. The van der Waals surface area contributed by atoms with Crippen LogP contribution in [-0.2, 0) is 50.1 Å². The molecule has 7 N–H and O–H groups in total. The molecule has 23 heteroatoms. The number of fused-ring (bicyclic) bond motifs is 2. The first-order chi connectivity index (χ1) is 27.3. The van der Waals surface area contributed by atoms with Crippen LogP contribution in [0.1, 0.15) is 69.3 Å². The molecule has 59 heavy (non-hydrogen) atoms. The monoisotopic (exact) mass is 868 g/mol. The van der Waals surface area contributed by atoms with Crippen LogP contribution in [0.15, 0.2) is 35.7 Å². The third-order valence-electron chi connectivity index (χ3n) is 9.41. The van der Waals surface area contributed by atoms with Crippen LogP contribution in [0.25, 0.3) is 6.08 Å². The maximum atomic E-state index is 13.9. The number of carbonyl (C=O) groups is 8. The van der Waals surface area contributed by atoms with Crippen LogP contribution in [0, 0.1) is 5.92 Å². The van der Waals surface area contributed by atoms with E-state index in [1.165, 1.54) is 30.5 Å². The van der Waals surface area contributed by atoms with Gasteiger partial charge in [-0.3, -0.25) is 33.6 Å². The summed E-state index contributed by atoms with van der Waals surface area (Å²) in [5.74, 6) is -9.26. The summed E-state index contributed by atoms with van der Waals surface area (Å²) in [5, 5.41) is 26.0. The Labute approximate surface area is 366 Å². The normalized spacial score (nSPS) is 25.1. The quantitative estimate of drug-likeness (QED) is 0.0550. The molecule has 7 atom stereocenters. The van der Waals surface area contributed by atoms with Crippen molar-refractivity contribution < 1.29 is 86.0 Å². The minimum atomic E-state index is -5.15. The van der Waals surface area contributed by atoms with Gasteiger partial charge < -0.3 is 41.6 Å². The third-order valence-corrected chi connectivity index (χ3v) is 11.1. The summed E-state index contributed by atoms with van der Waals surface area (Å²) in [5.41, 5.74) is 0.807. The molecular formula is C36H45N8NaO12S2. The van der Waals surface area contributed by atoms with E-state index in [-0.39, 0.29) is 58.8 Å².